The molecule has 2 N–H and O–H groups in total. The van der Waals surface area contributed by atoms with Crippen molar-refractivity contribution in [2.45, 2.75) is 33.2 Å². The second kappa shape index (κ2) is 2.97. The number of aldehydes is 1. The van der Waals surface area contributed by atoms with E-state index in [1.54, 1.807) is 0 Å². The van der Waals surface area contributed by atoms with Crippen LogP contribution in [0.4, 0.5) is 0 Å². The van der Waals surface area contributed by atoms with Gasteiger partial charge in [-0.2, -0.15) is 0 Å². The minimum Gasteiger partial charge on any atom is -0.327 e. The summed E-state index contributed by atoms with van der Waals surface area (Å²) in [7, 11) is 0. The molecule has 0 amide bonds. The highest BCUT2D eigenvalue weighted by Gasteiger charge is 2.19. The van der Waals surface area contributed by atoms with Crippen LogP contribution in [0.3, 0.4) is 0 Å². The monoisotopic (exact) mass is 129 g/mol. The number of rotatable bonds is 2. The molecule has 0 radical (unpaired) electrons. The zero-order valence-electron chi connectivity index (χ0n) is 6.35. The third-order valence-electron chi connectivity index (χ3n) is 1.46. The number of carbonyl (C=O) groups excluding carboxylic acids is 1. The molecule has 1 atom stereocenters. The van der Waals surface area contributed by atoms with Crippen LogP contribution >= 0.6 is 0 Å². The van der Waals surface area contributed by atoms with Crippen molar-refractivity contribution < 1.29 is 4.79 Å². The lowest BCUT2D eigenvalue weighted by Gasteiger charge is -2.24. The Hall–Kier alpha value is -0.370. The summed E-state index contributed by atoms with van der Waals surface area (Å²) in [6, 6.07) is -0.00463. The van der Waals surface area contributed by atoms with E-state index < -0.39 is 0 Å². The molecule has 0 bridgehead atoms. The predicted molar refractivity (Wildman–Crippen MR) is 38.1 cm³/mol. The molecule has 0 aromatic heterocycles. The summed E-state index contributed by atoms with van der Waals surface area (Å²) in [4.78, 5) is 9.98. The van der Waals surface area contributed by atoms with Crippen LogP contribution in [0.25, 0.3) is 0 Å². The molecule has 0 saturated carbocycles. The minimum atomic E-state index is -0.00463. The zero-order chi connectivity index (χ0) is 7.49. The lowest BCUT2D eigenvalue weighted by atomic mass is 9.86. The van der Waals surface area contributed by atoms with Gasteiger partial charge in [0.2, 0.25) is 0 Å². The highest BCUT2D eigenvalue weighted by atomic mass is 16.1. The molecule has 0 aromatic carbocycles. The fourth-order valence-electron chi connectivity index (χ4n) is 0.457. The van der Waals surface area contributed by atoms with Crippen LogP contribution < -0.4 is 5.73 Å². The van der Waals surface area contributed by atoms with Crippen LogP contribution in [0.2, 0.25) is 0 Å². The van der Waals surface area contributed by atoms with E-state index in [1.807, 2.05) is 20.8 Å². The van der Waals surface area contributed by atoms with E-state index in [2.05, 4.69) is 0 Å². The van der Waals surface area contributed by atoms with Gasteiger partial charge in [-0.05, 0) is 5.41 Å². The van der Waals surface area contributed by atoms with Gasteiger partial charge in [-0.15, -0.1) is 0 Å². The van der Waals surface area contributed by atoms with E-state index in [0.717, 1.165) is 6.29 Å². The van der Waals surface area contributed by atoms with Gasteiger partial charge in [-0.3, -0.25) is 0 Å². The maximum atomic E-state index is 9.98. The van der Waals surface area contributed by atoms with Gasteiger partial charge in [0.05, 0.1) is 0 Å². The maximum Gasteiger partial charge on any atom is 0.121 e. The molecule has 0 saturated heterocycles. The van der Waals surface area contributed by atoms with Crippen LogP contribution in [-0.2, 0) is 4.79 Å². The van der Waals surface area contributed by atoms with E-state index in [-0.39, 0.29) is 11.5 Å². The first-order valence-electron chi connectivity index (χ1n) is 3.17. The fourth-order valence-corrected chi connectivity index (χ4v) is 0.457. The second-order valence-corrected chi connectivity index (χ2v) is 3.37. The molecule has 0 aliphatic rings. The average Bonchev–Trinajstić information content (AvgIpc) is 1.64. The standard InChI is InChI=1S/C7H15NO/c1-7(2,3)6(8)4-5-9/h5-6H,4,8H2,1-3H3. The molecule has 2 heteroatoms. The van der Waals surface area contributed by atoms with Gasteiger partial charge in [0, 0.05) is 12.5 Å². The van der Waals surface area contributed by atoms with Crippen LogP contribution in [0.1, 0.15) is 27.2 Å². The van der Waals surface area contributed by atoms with Crippen molar-refractivity contribution in [1.29, 1.82) is 0 Å². The van der Waals surface area contributed by atoms with Crippen molar-refractivity contribution in [3.05, 3.63) is 0 Å². The summed E-state index contributed by atoms with van der Waals surface area (Å²) in [5.74, 6) is 0. The predicted octanol–water partition coefficient (Wildman–Crippen LogP) is 0.949. The molecule has 0 heterocycles. The molecular weight excluding hydrogens is 114 g/mol. The molecular formula is C7H15NO. The molecule has 0 aliphatic heterocycles. The quantitative estimate of drug-likeness (QED) is 0.564. The van der Waals surface area contributed by atoms with Crippen LogP contribution in [0, 0.1) is 5.41 Å². The highest BCUT2D eigenvalue weighted by Crippen LogP contribution is 2.18. The Morgan fingerprint density at radius 3 is 2.11 bits per heavy atom. The topological polar surface area (TPSA) is 43.1 Å². The van der Waals surface area contributed by atoms with Crippen LogP contribution in [0.15, 0.2) is 0 Å². The van der Waals surface area contributed by atoms with E-state index in [9.17, 15) is 4.79 Å². The molecule has 1 unspecified atom stereocenters. The lowest BCUT2D eigenvalue weighted by molar-refractivity contribution is -0.108. The normalized spacial score (nSPS) is 15.1. The molecule has 2 nitrogen and oxygen atoms in total. The van der Waals surface area contributed by atoms with Gasteiger partial charge < -0.3 is 10.5 Å². The molecule has 0 fully saturated rings. The molecule has 0 aromatic rings. The Labute approximate surface area is 56.4 Å². The average molecular weight is 129 g/mol. The summed E-state index contributed by atoms with van der Waals surface area (Å²) >= 11 is 0. The van der Waals surface area contributed by atoms with Crippen molar-refractivity contribution in [3.63, 3.8) is 0 Å². The number of hydrogen-bond acceptors (Lipinski definition) is 2. The van der Waals surface area contributed by atoms with E-state index in [0.29, 0.717) is 6.42 Å². The number of nitrogens with two attached hydrogens (primary N) is 1. The fraction of sp³-hybridized carbons (Fsp3) is 0.857. The van der Waals surface area contributed by atoms with Gasteiger partial charge in [-0.1, -0.05) is 20.8 Å². The van der Waals surface area contributed by atoms with Crippen molar-refractivity contribution in [1.82, 2.24) is 0 Å². The first-order chi connectivity index (χ1) is 3.98. The third kappa shape index (κ3) is 3.25. The lowest BCUT2D eigenvalue weighted by Crippen LogP contribution is -2.35. The smallest absolute Gasteiger partial charge is 0.121 e. The summed E-state index contributed by atoms with van der Waals surface area (Å²) < 4.78 is 0. The maximum absolute atomic E-state index is 9.98. The molecule has 0 spiro atoms. The molecule has 0 rings (SSSR count). The zero-order valence-corrected chi connectivity index (χ0v) is 6.35. The van der Waals surface area contributed by atoms with Crippen LogP contribution in [0.5, 0.6) is 0 Å². The summed E-state index contributed by atoms with van der Waals surface area (Å²) in [6.07, 6.45) is 1.33. The van der Waals surface area contributed by atoms with E-state index >= 15 is 0 Å². The van der Waals surface area contributed by atoms with E-state index in [4.69, 9.17) is 5.73 Å². The highest BCUT2D eigenvalue weighted by molar-refractivity contribution is 5.50. The van der Waals surface area contributed by atoms with Crippen LogP contribution in [-0.4, -0.2) is 12.3 Å². The summed E-state index contributed by atoms with van der Waals surface area (Å²) in [5, 5.41) is 0. The Balaban J connectivity index is 3.72. The van der Waals surface area contributed by atoms with Crippen molar-refractivity contribution in [3.8, 4) is 0 Å². The van der Waals surface area contributed by atoms with Crippen molar-refractivity contribution >= 4 is 6.29 Å². The molecule has 0 aliphatic carbocycles. The summed E-state index contributed by atoms with van der Waals surface area (Å²) in [5.41, 5.74) is 5.69. The van der Waals surface area contributed by atoms with Gasteiger partial charge >= 0.3 is 0 Å². The Morgan fingerprint density at radius 1 is 1.56 bits per heavy atom. The van der Waals surface area contributed by atoms with Gasteiger partial charge in [0.1, 0.15) is 6.29 Å². The molecule has 9 heavy (non-hydrogen) atoms. The Kier molecular flexibility index (Phi) is 2.85. The SMILES string of the molecule is CC(C)(C)C(N)CC=O. The minimum absolute atomic E-state index is 0.00463. The first-order valence-corrected chi connectivity index (χ1v) is 3.17. The third-order valence-corrected chi connectivity index (χ3v) is 1.46. The van der Waals surface area contributed by atoms with E-state index in [1.165, 1.54) is 0 Å². The Morgan fingerprint density at radius 2 is 2.00 bits per heavy atom. The van der Waals surface area contributed by atoms with Crippen molar-refractivity contribution in [2.75, 3.05) is 0 Å². The summed E-state index contributed by atoms with van der Waals surface area (Å²) in [6.45, 7) is 6.09. The number of carbonyl (C=O) groups is 1. The van der Waals surface area contributed by atoms with Crippen molar-refractivity contribution in [2.24, 2.45) is 11.1 Å². The van der Waals surface area contributed by atoms with Gasteiger partial charge in [0.25, 0.3) is 0 Å². The van der Waals surface area contributed by atoms with Gasteiger partial charge in [-0.25, -0.2) is 0 Å². The molecule has 54 valence electrons. The number of hydrogen-bond donors (Lipinski definition) is 1. The first kappa shape index (κ1) is 8.63. The van der Waals surface area contributed by atoms with Gasteiger partial charge in [0.15, 0.2) is 0 Å². The second-order valence-electron chi connectivity index (χ2n) is 3.37. The largest absolute Gasteiger partial charge is 0.327 e. The Bertz CT molecular complexity index is 93.6.